The molecule has 5 N–H and O–H groups in total. The van der Waals surface area contributed by atoms with Crippen LogP contribution in [-0.2, 0) is 14.3 Å². The van der Waals surface area contributed by atoms with Crippen LogP contribution in [0.3, 0.4) is 0 Å². The average molecular weight is 221 g/mol. The Bertz CT molecular complexity index is 219. The highest BCUT2D eigenvalue weighted by molar-refractivity contribution is 5.77. The maximum Gasteiger partial charge on any atom is 0.323 e. The first kappa shape index (κ1) is 14.0. The minimum absolute atomic E-state index is 0.157. The smallest absolute Gasteiger partial charge is 0.323 e. The largest absolute Gasteiger partial charge is 0.451 e. The van der Waals surface area contributed by atoms with E-state index in [-0.39, 0.29) is 6.29 Å². The first-order valence-electron chi connectivity index (χ1n) is 4.32. The Morgan fingerprint density at radius 3 is 2.40 bits per heavy atom. The van der Waals surface area contributed by atoms with E-state index in [9.17, 15) is 14.7 Å². The lowest BCUT2D eigenvalue weighted by Crippen LogP contribution is -2.45. The SMILES string of the molecule is C[C@H](N)C(=O)O[C@@H](C=O)[C@@H](O)[C@H](O)CO. The molecule has 0 aliphatic rings. The van der Waals surface area contributed by atoms with E-state index >= 15 is 0 Å². The summed E-state index contributed by atoms with van der Waals surface area (Å²) in [4.78, 5) is 21.4. The van der Waals surface area contributed by atoms with Gasteiger partial charge in [0.25, 0.3) is 0 Å². The number of rotatable bonds is 6. The molecule has 0 bridgehead atoms. The molecule has 0 heterocycles. The Kier molecular flexibility index (Phi) is 6.02. The van der Waals surface area contributed by atoms with Crippen LogP contribution in [0.2, 0.25) is 0 Å². The Balaban J connectivity index is 4.36. The summed E-state index contributed by atoms with van der Waals surface area (Å²) in [6.07, 6.45) is -4.61. The van der Waals surface area contributed by atoms with Gasteiger partial charge in [0.2, 0.25) is 0 Å². The molecule has 15 heavy (non-hydrogen) atoms. The molecule has 0 saturated carbocycles. The Labute approximate surface area is 86.5 Å². The Morgan fingerprint density at radius 2 is 2.07 bits per heavy atom. The summed E-state index contributed by atoms with van der Waals surface area (Å²) in [6, 6.07) is -0.939. The van der Waals surface area contributed by atoms with Crippen molar-refractivity contribution in [2.24, 2.45) is 5.73 Å². The van der Waals surface area contributed by atoms with Crippen molar-refractivity contribution in [3.63, 3.8) is 0 Å². The summed E-state index contributed by atoms with van der Waals surface area (Å²) in [6.45, 7) is 0.598. The molecule has 0 aromatic carbocycles. The Morgan fingerprint density at radius 1 is 1.53 bits per heavy atom. The van der Waals surface area contributed by atoms with E-state index in [1.54, 1.807) is 0 Å². The number of ether oxygens (including phenoxy) is 1. The standard InChI is InChI=1S/C8H15NO6/c1-4(9)8(14)15-6(3-11)7(13)5(12)2-10/h3-7,10,12-13H,2,9H2,1H3/t4-,5+,6-,7-/m0/s1. The molecule has 7 nitrogen and oxygen atoms in total. The van der Waals surface area contributed by atoms with Crippen LogP contribution in [0.25, 0.3) is 0 Å². The van der Waals surface area contributed by atoms with E-state index < -0.39 is 36.9 Å². The molecule has 0 aliphatic heterocycles. The van der Waals surface area contributed by atoms with Gasteiger partial charge < -0.3 is 25.8 Å². The first-order valence-corrected chi connectivity index (χ1v) is 4.32. The zero-order valence-electron chi connectivity index (χ0n) is 8.24. The molecule has 0 aromatic heterocycles. The van der Waals surface area contributed by atoms with Crippen molar-refractivity contribution in [3.8, 4) is 0 Å². The van der Waals surface area contributed by atoms with Crippen molar-refractivity contribution in [2.75, 3.05) is 6.61 Å². The minimum Gasteiger partial charge on any atom is -0.451 e. The zero-order valence-corrected chi connectivity index (χ0v) is 8.24. The van der Waals surface area contributed by atoms with Gasteiger partial charge in [0.15, 0.2) is 12.4 Å². The fourth-order valence-electron chi connectivity index (χ4n) is 0.746. The first-order chi connectivity index (χ1) is 6.93. The molecule has 4 atom stereocenters. The van der Waals surface area contributed by atoms with Crippen molar-refractivity contribution < 1.29 is 29.6 Å². The van der Waals surface area contributed by atoms with Crippen LogP contribution in [0.5, 0.6) is 0 Å². The average Bonchev–Trinajstić information content (AvgIpc) is 2.23. The lowest BCUT2D eigenvalue weighted by atomic mass is 10.1. The summed E-state index contributed by atoms with van der Waals surface area (Å²) in [5.41, 5.74) is 5.16. The van der Waals surface area contributed by atoms with Crippen molar-refractivity contribution in [3.05, 3.63) is 0 Å². The van der Waals surface area contributed by atoms with E-state index in [4.69, 9.17) is 15.9 Å². The number of hydrogen-bond donors (Lipinski definition) is 4. The number of hydrogen-bond acceptors (Lipinski definition) is 7. The second kappa shape index (κ2) is 6.46. The fourth-order valence-corrected chi connectivity index (χ4v) is 0.746. The van der Waals surface area contributed by atoms with Gasteiger partial charge in [-0.2, -0.15) is 0 Å². The van der Waals surface area contributed by atoms with Crippen LogP contribution < -0.4 is 5.73 Å². The van der Waals surface area contributed by atoms with Crippen LogP contribution in [0.4, 0.5) is 0 Å². The molecule has 88 valence electrons. The van der Waals surface area contributed by atoms with E-state index in [0.717, 1.165) is 0 Å². The molecule has 0 rings (SSSR count). The van der Waals surface area contributed by atoms with Crippen molar-refractivity contribution in [2.45, 2.75) is 31.3 Å². The summed E-state index contributed by atoms with van der Waals surface area (Å²) in [5, 5.41) is 26.7. The lowest BCUT2D eigenvalue weighted by molar-refractivity contribution is -0.164. The number of nitrogens with two attached hydrogens (primary N) is 1. The summed E-state index contributed by atoms with van der Waals surface area (Å²) >= 11 is 0. The topological polar surface area (TPSA) is 130 Å². The van der Waals surface area contributed by atoms with Gasteiger partial charge in [-0.15, -0.1) is 0 Å². The maximum atomic E-state index is 11.0. The third kappa shape index (κ3) is 4.34. The number of aldehydes is 1. The quantitative estimate of drug-likeness (QED) is 0.280. The molecule has 0 aromatic rings. The van der Waals surface area contributed by atoms with Crippen LogP contribution in [0.1, 0.15) is 6.92 Å². The number of aliphatic hydroxyl groups excluding tert-OH is 3. The highest BCUT2D eigenvalue weighted by Crippen LogP contribution is 2.03. The van der Waals surface area contributed by atoms with Gasteiger partial charge >= 0.3 is 5.97 Å². The van der Waals surface area contributed by atoms with Gasteiger partial charge in [-0.05, 0) is 6.92 Å². The third-order valence-corrected chi connectivity index (χ3v) is 1.68. The molecular weight excluding hydrogens is 206 g/mol. The molecule has 0 aliphatic carbocycles. The van der Waals surface area contributed by atoms with Gasteiger partial charge in [-0.1, -0.05) is 0 Å². The van der Waals surface area contributed by atoms with Gasteiger partial charge in [0, 0.05) is 0 Å². The second-order valence-corrected chi connectivity index (χ2v) is 3.07. The monoisotopic (exact) mass is 221 g/mol. The highest BCUT2D eigenvalue weighted by atomic mass is 16.6. The maximum absolute atomic E-state index is 11.0. The molecular formula is C8H15NO6. The van der Waals surface area contributed by atoms with Gasteiger partial charge in [0.05, 0.1) is 6.61 Å². The van der Waals surface area contributed by atoms with Crippen LogP contribution in [0.15, 0.2) is 0 Å². The fraction of sp³-hybridized carbons (Fsp3) is 0.750. The van der Waals surface area contributed by atoms with E-state index in [1.165, 1.54) is 6.92 Å². The third-order valence-electron chi connectivity index (χ3n) is 1.68. The summed E-state index contributed by atoms with van der Waals surface area (Å²) in [5.74, 6) is -0.878. The predicted octanol–water partition coefficient (Wildman–Crippen LogP) is -2.84. The van der Waals surface area contributed by atoms with Crippen LogP contribution >= 0.6 is 0 Å². The van der Waals surface area contributed by atoms with Crippen molar-refractivity contribution >= 4 is 12.3 Å². The molecule has 0 saturated heterocycles. The number of carbonyl (C=O) groups excluding carboxylic acids is 2. The molecule has 0 unspecified atom stereocenters. The number of esters is 1. The van der Waals surface area contributed by atoms with Gasteiger partial charge in [-0.25, -0.2) is 0 Å². The highest BCUT2D eigenvalue weighted by Gasteiger charge is 2.29. The molecule has 0 amide bonds. The second-order valence-electron chi connectivity index (χ2n) is 3.07. The lowest BCUT2D eigenvalue weighted by Gasteiger charge is -2.22. The molecule has 7 heteroatoms. The predicted molar refractivity (Wildman–Crippen MR) is 48.7 cm³/mol. The van der Waals surface area contributed by atoms with E-state index in [2.05, 4.69) is 4.74 Å². The van der Waals surface area contributed by atoms with Crippen LogP contribution in [0, 0.1) is 0 Å². The minimum atomic E-state index is -1.67. The van der Waals surface area contributed by atoms with Crippen molar-refractivity contribution in [1.82, 2.24) is 0 Å². The molecule has 0 radical (unpaired) electrons. The Hall–Kier alpha value is -1.02. The summed E-state index contributed by atoms with van der Waals surface area (Å²) in [7, 11) is 0. The normalized spacial score (nSPS) is 18.7. The van der Waals surface area contributed by atoms with E-state index in [1.807, 2.05) is 0 Å². The zero-order chi connectivity index (χ0) is 12.0. The van der Waals surface area contributed by atoms with Gasteiger partial charge in [-0.3, -0.25) is 9.59 Å². The van der Waals surface area contributed by atoms with Crippen molar-refractivity contribution in [1.29, 1.82) is 0 Å². The number of aliphatic hydroxyl groups is 3. The van der Waals surface area contributed by atoms with E-state index in [0.29, 0.717) is 0 Å². The number of carbonyl (C=O) groups is 2. The molecule has 0 spiro atoms. The molecule has 0 fully saturated rings. The van der Waals surface area contributed by atoms with Gasteiger partial charge in [0.1, 0.15) is 18.2 Å². The summed E-state index contributed by atoms with van der Waals surface area (Å²) < 4.78 is 4.49. The van der Waals surface area contributed by atoms with Crippen LogP contribution in [-0.4, -0.2) is 58.5 Å².